The highest BCUT2D eigenvalue weighted by molar-refractivity contribution is 5.76. The predicted octanol–water partition coefficient (Wildman–Crippen LogP) is 0.450. The molecule has 11 heavy (non-hydrogen) atoms. The zero-order chi connectivity index (χ0) is 7.68. The molecule has 0 fully saturated rings. The van der Waals surface area contributed by atoms with Gasteiger partial charge in [-0.1, -0.05) is 0 Å². The van der Waals surface area contributed by atoms with Gasteiger partial charge in [0.2, 0.25) is 0 Å². The molecule has 0 aromatic carbocycles. The maximum absolute atomic E-state index is 8.83. The number of H-pyrrole nitrogens is 1. The van der Waals surface area contributed by atoms with Crippen molar-refractivity contribution in [2.24, 2.45) is 0 Å². The van der Waals surface area contributed by atoms with Crippen LogP contribution in [0.5, 0.6) is 0 Å². The van der Waals surface area contributed by atoms with Crippen molar-refractivity contribution < 1.29 is 5.11 Å². The molecule has 0 aliphatic carbocycles. The van der Waals surface area contributed by atoms with Crippen molar-refractivity contribution >= 4 is 11.0 Å². The molecular formula is C7H7N3O. The lowest BCUT2D eigenvalue weighted by molar-refractivity contribution is 0.278. The van der Waals surface area contributed by atoms with E-state index in [4.69, 9.17) is 5.11 Å². The maximum Gasteiger partial charge on any atom is 0.181 e. The normalized spacial score (nSPS) is 10.6. The standard InChI is InChI=1S/C7H7N3O/c11-4-6-5-2-1-3-8-7(5)10-9-6/h1-3,11H,4H2,(H,8,9,10). The molecule has 2 aromatic rings. The number of aliphatic hydroxyl groups is 1. The van der Waals surface area contributed by atoms with E-state index in [0.29, 0.717) is 11.3 Å². The number of aromatic nitrogens is 3. The average molecular weight is 149 g/mol. The fraction of sp³-hybridized carbons (Fsp3) is 0.143. The Morgan fingerprint density at radius 2 is 2.45 bits per heavy atom. The molecule has 0 spiro atoms. The van der Waals surface area contributed by atoms with Gasteiger partial charge in [-0.15, -0.1) is 0 Å². The summed E-state index contributed by atoms with van der Waals surface area (Å²) in [5, 5.41) is 16.3. The van der Waals surface area contributed by atoms with E-state index in [9.17, 15) is 0 Å². The van der Waals surface area contributed by atoms with Gasteiger partial charge in [0.05, 0.1) is 12.3 Å². The third kappa shape index (κ3) is 0.877. The van der Waals surface area contributed by atoms with Crippen LogP contribution < -0.4 is 0 Å². The summed E-state index contributed by atoms with van der Waals surface area (Å²) in [6, 6.07) is 3.69. The Kier molecular flexibility index (Phi) is 1.33. The highest BCUT2D eigenvalue weighted by atomic mass is 16.3. The zero-order valence-corrected chi connectivity index (χ0v) is 5.78. The topological polar surface area (TPSA) is 61.8 Å². The smallest absolute Gasteiger partial charge is 0.181 e. The summed E-state index contributed by atoms with van der Waals surface area (Å²) in [5.41, 5.74) is 1.37. The fourth-order valence-corrected chi connectivity index (χ4v) is 1.02. The minimum atomic E-state index is -0.0256. The van der Waals surface area contributed by atoms with Gasteiger partial charge in [0.15, 0.2) is 5.65 Å². The van der Waals surface area contributed by atoms with Crippen molar-refractivity contribution in [3.05, 3.63) is 24.0 Å². The minimum Gasteiger partial charge on any atom is -0.390 e. The van der Waals surface area contributed by atoms with E-state index in [1.807, 2.05) is 12.1 Å². The molecule has 0 radical (unpaired) electrons. The van der Waals surface area contributed by atoms with E-state index in [1.165, 1.54) is 0 Å². The second kappa shape index (κ2) is 2.32. The second-order valence-corrected chi connectivity index (χ2v) is 2.23. The number of aliphatic hydroxyl groups excluding tert-OH is 1. The monoisotopic (exact) mass is 149 g/mol. The van der Waals surface area contributed by atoms with Crippen molar-refractivity contribution in [2.75, 3.05) is 0 Å². The maximum atomic E-state index is 8.83. The number of fused-ring (bicyclic) bond motifs is 1. The molecule has 0 saturated carbocycles. The number of rotatable bonds is 1. The zero-order valence-electron chi connectivity index (χ0n) is 5.78. The van der Waals surface area contributed by atoms with Gasteiger partial charge in [-0.05, 0) is 12.1 Å². The van der Waals surface area contributed by atoms with Crippen LogP contribution in [0.4, 0.5) is 0 Å². The van der Waals surface area contributed by atoms with E-state index in [0.717, 1.165) is 5.39 Å². The van der Waals surface area contributed by atoms with Gasteiger partial charge < -0.3 is 5.11 Å². The van der Waals surface area contributed by atoms with Crippen LogP contribution in [0.15, 0.2) is 18.3 Å². The van der Waals surface area contributed by atoms with Crippen LogP contribution in [0.1, 0.15) is 5.69 Å². The summed E-state index contributed by atoms with van der Waals surface area (Å²) in [6.45, 7) is -0.0256. The number of hydrogen-bond acceptors (Lipinski definition) is 3. The number of nitrogens with one attached hydrogen (secondary N) is 1. The first-order valence-electron chi connectivity index (χ1n) is 3.30. The van der Waals surface area contributed by atoms with Gasteiger partial charge in [-0.2, -0.15) is 5.10 Å². The quantitative estimate of drug-likeness (QED) is 0.618. The van der Waals surface area contributed by atoms with Crippen molar-refractivity contribution in [3.8, 4) is 0 Å². The van der Waals surface area contributed by atoms with Gasteiger partial charge in [0.25, 0.3) is 0 Å². The van der Waals surface area contributed by atoms with Gasteiger partial charge in [-0.25, -0.2) is 4.98 Å². The molecule has 0 unspecified atom stereocenters. The molecule has 0 saturated heterocycles. The Labute approximate surface area is 62.9 Å². The molecular weight excluding hydrogens is 142 g/mol. The molecule has 0 bridgehead atoms. The first kappa shape index (κ1) is 6.30. The first-order valence-corrected chi connectivity index (χ1v) is 3.30. The fourth-order valence-electron chi connectivity index (χ4n) is 1.02. The van der Waals surface area contributed by atoms with E-state index >= 15 is 0 Å². The Balaban J connectivity index is 2.76. The average Bonchev–Trinajstić information content (AvgIpc) is 2.47. The molecule has 0 aliphatic heterocycles. The predicted molar refractivity (Wildman–Crippen MR) is 39.8 cm³/mol. The Morgan fingerprint density at radius 1 is 1.55 bits per heavy atom. The van der Waals surface area contributed by atoms with Crippen LogP contribution in [0, 0.1) is 0 Å². The number of aromatic amines is 1. The molecule has 0 aliphatic rings. The lowest BCUT2D eigenvalue weighted by atomic mass is 10.3. The third-order valence-corrected chi connectivity index (χ3v) is 1.57. The summed E-state index contributed by atoms with van der Waals surface area (Å²) < 4.78 is 0. The SMILES string of the molecule is OCc1[nH]nc2ncccc12. The van der Waals surface area contributed by atoms with Gasteiger partial charge in [0.1, 0.15) is 0 Å². The molecule has 0 atom stereocenters. The molecule has 0 amide bonds. The Hall–Kier alpha value is -1.42. The van der Waals surface area contributed by atoms with Crippen molar-refractivity contribution in [1.82, 2.24) is 15.2 Å². The van der Waals surface area contributed by atoms with E-state index in [2.05, 4.69) is 15.2 Å². The van der Waals surface area contributed by atoms with Crippen molar-refractivity contribution in [2.45, 2.75) is 6.61 Å². The molecule has 4 heteroatoms. The summed E-state index contributed by atoms with van der Waals surface area (Å²) in [7, 11) is 0. The molecule has 2 rings (SSSR count). The second-order valence-electron chi connectivity index (χ2n) is 2.23. The Morgan fingerprint density at radius 3 is 3.27 bits per heavy atom. The van der Waals surface area contributed by atoms with Crippen LogP contribution in [0.3, 0.4) is 0 Å². The molecule has 2 N–H and O–H groups in total. The molecule has 2 aromatic heterocycles. The van der Waals surface area contributed by atoms with Crippen LogP contribution in [-0.2, 0) is 6.61 Å². The third-order valence-electron chi connectivity index (χ3n) is 1.57. The van der Waals surface area contributed by atoms with Gasteiger partial charge >= 0.3 is 0 Å². The lowest BCUT2D eigenvalue weighted by Crippen LogP contribution is -1.82. The van der Waals surface area contributed by atoms with Gasteiger partial charge in [0, 0.05) is 11.6 Å². The van der Waals surface area contributed by atoms with Crippen LogP contribution in [0.2, 0.25) is 0 Å². The van der Waals surface area contributed by atoms with Crippen LogP contribution in [0.25, 0.3) is 11.0 Å². The minimum absolute atomic E-state index is 0.0256. The van der Waals surface area contributed by atoms with Crippen LogP contribution >= 0.6 is 0 Å². The summed E-state index contributed by atoms with van der Waals surface area (Å²) in [6.07, 6.45) is 1.67. The molecule has 2 heterocycles. The summed E-state index contributed by atoms with van der Waals surface area (Å²) in [4.78, 5) is 4.00. The lowest BCUT2D eigenvalue weighted by Gasteiger charge is -1.87. The summed E-state index contributed by atoms with van der Waals surface area (Å²) >= 11 is 0. The Bertz CT molecular complexity index is 368. The largest absolute Gasteiger partial charge is 0.390 e. The summed E-state index contributed by atoms with van der Waals surface area (Å²) in [5.74, 6) is 0. The number of hydrogen-bond donors (Lipinski definition) is 2. The number of nitrogens with zero attached hydrogens (tertiary/aromatic N) is 2. The highest BCUT2D eigenvalue weighted by Gasteiger charge is 2.01. The number of pyridine rings is 1. The van der Waals surface area contributed by atoms with E-state index in [1.54, 1.807) is 6.20 Å². The van der Waals surface area contributed by atoms with Crippen molar-refractivity contribution in [3.63, 3.8) is 0 Å². The molecule has 4 nitrogen and oxygen atoms in total. The van der Waals surface area contributed by atoms with E-state index in [-0.39, 0.29) is 6.61 Å². The highest BCUT2D eigenvalue weighted by Crippen LogP contribution is 2.11. The molecule has 56 valence electrons. The van der Waals surface area contributed by atoms with Gasteiger partial charge in [-0.3, -0.25) is 5.10 Å². The van der Waals surface area contributed by atoms with E-state index < -0.39 is 0 Å². The van der Waals surface area contributed by atoms with Crippen molar-refractivity contribution in [1.29, 1.82) is 0 Å². The van der Waals surface area contributed by atoms with Crippen LogP contribution in [-0.4, -0.2) is 20.3 Å². The first-order chi connectivity index (χ1) is 5.42.